The zero-order valence-electron chi connectivity index (χ0n) is 19.3. The molecular formula is C26H26BrClN4O2S. The Balaban J connectivity index is 1.46. The maximum atomic E-state index is 13.5. The number of fused-ring (bicyclic) bond motifs is 1. The fourth-order valence-electron chi connectivity index (χ4n) is 4.60. The van der Waals surface area contributed by atoms with Crippen LogP contribution in [0.25, 0.3) is 0 Å². The molecule has 35 heavy (non-hydrogen) atoms. The summed E-state index contributed by atoms with van der Waals surface area (Å²) in [6.45, 7) is 1.90. The highest BCUT2D eigenvalue weighted by Crippen LogP contribution is 2.38. The number of ether oxygens (including phenoxy) is 1. The van der Waals surface area contributed by atoms with Crippen LogP contribution < -0.4 is 5.32 Å². The average molecular weight is 574 g/mol. The number of benzene rings is 2. The number of hydrogen-bond acceptors (Lipinski definition) is 6. The SMILES string of the molecule is CC1=C(C(=O)OC2CCCCC2)C(c2cccc(Br)c2)n2nc(SCc3ccccc3Cl)nc2N1. The molecule has 0 radical (unpaired) electrons. The van der Waals surface area contributed by atoms with E-state index in [1.807, 2.05) is 55.5 Å². The molecule has 9 heteroatoms. The van der Waals surface area contributed by atoms with Crippen LogP contribution in [-0.4, -0.2) is 26.8 Å². The van der Waals surface area contributed by atoms with Crippen molar-refractivity contribution in [3.8, 4) is 0 Å². The lowest BCUT2D eigenvalue weighted by molar-refractivity contribution is -0.146. The number of carbonyl (C=O) groups is 1. The molecule has 1 aliphatic heterocycles. The molecule has 2 aromatic carbocycles. The van der Waals surface area contributed by atoms with Gasteiger partial charge in [-0.2, -0.15) is 4.98 Å². The first-order chi connectivity index (χ1) is 17.0. The summed E-state index contributed by atoms with van der Waals surface area (Å²) in [7, 11) is 0. The number of esters is 1. The van der Waals surface area contributed by atoms with Crippen LogP contribution in [0.4, 0.5) is 5.95 Å². The largest absolute Gasteiger partial charge is 0.459 e. The summed E-state index contributed by atoms with van der Waals surface area (Å²) in [5.74, 6) is 0.954. The lowest BCUT2D eigenvalue weighted by atomic mass is 9.95. The van der Waals surface area contributed by atoms with Gasteiger partial charge in [-0.25, -0.2) is 9.48 Å². The summed E-state index contributed by atoms with van der Waals surface area (Å²) in [6.07, 6.45) is 5.22. The molecule has 6 nitrogen and oxygen atoms in total. The van der Waals surface area contributed by atoms with E-state index in [0.717, 1.165) is 52.0 Å². The number of aromatic nitrogens is 3. The van der Waals surface area contributed by atoms with Crippen LogP contribution in [0, 0.1) is 0 Å². The Labute approximate surface area is 222 Å². The normalized spacial score (nSPS) is 18.2. The van der Waals surface area contributed by atoms with Gasteiger partial charge in [-0.3, -0.25) is 0 Å². The molecule has 0 saturated heterocycles. The molecule has 5 rings (SSSR count). The molecule has 1 fully saturated rings. The van der Waals surface area contributed by atoms with Gasteiger partial charge in [-0.1, -0.05) is 76.0 Å². The second-order valence-electron chi connectivity index (χ2n) is 8.83. The minimum absolute atomic E-state index is 0.0291. The maximum absolute atomic E-state index is 13.5. The monoisotopic (exact) mass is 572 g/mol. The van der Waals surface area contributed by atoms with Crippen molar-refractivity contribution in [3.05, 3.63) is 80.4 Å². The minimum atomic E-state index is -0.443. The Morgan fingerprint density at radius 3 is 2.77 bits per heavy atom. The first-order valence-electron chi connectivity index (χ1n) is 11.8. The van der Waals surface area contributed by atoms with Gasteiger partial charge in [0.1, 0.15) is 12.1 Å². The fourth-order valence-corrected chi connectivity index (χ4v) is 6.13. The number of nitrogens with zero attached hydrogens (tertiary/aromatic N) is 3. The summed E-state index contributed by atoms with van der Waals surface area (Å²) in [6, 6.07) is 15.3. The average Bonchev–Trinajstić information content (AvgIpc) is 3.25. The number of rotatable bonds is 6. The first-order valence-corrected chi connectivity index (χ1v) is 13.9. The van der Waals surface area contributed by atoms with Gasteiger partial charge in [0.15, 0.2) is 0 Å². The van der Waals surface area contributed by atoms with Crippen molar-refractivity contribution < 1.29 is 9.53 Å². The lowest BCUT2D eigenvalue weighted by Gasteiger charge is -2.30. The smallest absolute Gasteiger partial charge is 0.338 e. The Morgan fingerprint density at radius 2 is 2.00 bits per heavy atom. The third-order valence-electron chi connectivity index (χ3n) is 6.36. The molecular weight excluding hydrogens is 548 g/mol. The number of halogens is 2. The van der Waals surface area contributed by atoms with Crippen LogP contribution in [0.2, 0.25) is 5.02 Å². The van der Waals surface area contributed by atoms with Crippen molar-refractivity contribution in [3.63, 3.8) is 0 Å². The zero-order chi connectivity index (χ0) is 24.4. The van der Waals surface area contributed by atoms with Gasteiger partial charge in [0.2, 0.25) is 11.1 Å². The van der Waals surface area contributed by atoms with Crippen LogP contribution in [-0.2, 0) is 15.3 Å². The molecule has 3 aromatic rings. The van der Waals surface area contributed by atoms with E-state index in [1.54, 1.807) is 4.68 Å². The third kappa shape index (κ3) is 5.44. The van der Waals surface area contributed by atoms with E-state index in [9.17, 15) is 4.79 Å². The molecule has 0 amide bonds. The predicted octanol–water partition coefficient (Wildman–Crippen LogP) is 7.15. The number of carbonyl (C=O) groups excluding carboxylic acids is 1. The molecule has 2 aliphatic rings. The molecule has 0 spiro atoms. The van der Waals surface area contributed by atoms with Gasteiger partial charge >= 0.3 is 5.97 Å². The molecule has 1 aliphatic carbocycles. The van der Waals surface area contributed by atoms with Crippen molar-refractivity contribution in [2.24, 2.45) is 0 Å². The van der Waals surface area contributed by atoms with Gasteiger partial charge in [0.25, 0.3) is 0 Å². The molecule has 1 N–H and O–H groups in total. The van der Waals surface area contributed by atoms with Crippen LogP contribution in [0.3, 0.4) is 0 Å². The topological polar surface area (TPSA) is 69.0 Å². The van der Waals surface area contributed by atoms with E-state index in [-0.39, 0.29) is 12.1 Å². The van der Waals surface area contributed by atoms with E-state index < -0.39 is 6.04 Å². The van der Waals surface area contributed by atoms with Crippen LogP contribution in [0.5, 0.6) is 0 Å². The summed E-state index contributed by atoms with van der Waals surface area (Å²) in [4.78, 5) is 18.2. The second-order valence-corrected chi connectivity index (χ2v) is 11.1. The molecule has 1 saturated carbocycles. The van der Waals surface area contributed by atoms with E-state index in [2.05, 4.69) is 21.2 Å². The van der Waals surface area contributed by atoms with Gasteiger partial charge < -0.3 is 10.1 Å². The fraction of sp³-hybridized carbons (Fsp3) is 0.346. The Kier molecular flexibility index (Phi) is 7.51. The van der Waals surface area contributed by atoms with Crippen molar-refractivity contribution in [1.29, 1.82) is 0 Å². The molecule has 1 unspecified atom stereocenters. The molecule has 182 valence electrons. The summed E-state index contributed by atoms with van der Waals surface area (Å²) >= 11 is 11.4. The van der Waals surface area contributed by atoms with Gasteiger partial charge in [0, 0.05) is 20.9 Å². The van der Waals surface area contributed by atoms with E-state index in [0.29, 0.717) is 22.4 Å². The third-order valence-corrected chi connectivity index (χ3v) is 8.11. The first kappa shape index (κ1) is 24.4. The maximum Gasteiger partial charge on any atom is 0.338 e. The molecule has 0 bridgehead atoms. The minimum Gasteiger partial charge on any atom is -0.459 e. The number of anilines is 1. The van der Waals surface area contributed by atoms with Crippen LogP contribution in [0.15, 0.2) is 69.4 Å². The highest BCUT2D eigenvalue weighted by molar-refractivity contribution is 9.10. The Morgan fingerprint density at radius 1 is 1.20 bits per heavy atom. The highest BCUT2D eigenvalue weighted by Gasteiger charge is 2.36. The summed E-state index contributed by atoms with van der Waals surface area (Å²) < 4.78 is 8.72. The highest BCUT2D eigenvalue weighted by atomic mass is 79.9. The lowest BCUT2D eigenvalue weighted by Crippen LogP contribution is -2.32. The zero-order valence-corrected chi connectivity index (χ0v) is 22.5. The second kappa shape index (κ2) is 10.8. The van der Waals surface area contributed by atoms with Gasteiger partial charge in [0.05, 0.1) is 5.57 Å². The van der Waals surface area contributed by atoms with E-state index >= 15 is 0 Å². The van der Waals surface area contributed by atoms with Gasteiger partial charge in [-0.05, 0) is 61.9 Å². The van der Waals surface area contributed by atoms with Crippen LogP contribution >= 0.6 is 39.3 Å². The quantitative estimate of drug-likeness (QED) is 0.249. The van der Waals surface area contributed by atoms with Crippen molar-refractivity contribution >= 4 is 51.2 Å². The van der Waals surface area contributed by atoms with Crippen molar-refractivity contribution in [2.75, 3.05) is 5.32 Å². The Bertz CT molecular complexity index is 1270. The van der Waals surface area contributed by atoms with Crippen molar-refractivity contribution in [1.82, 2.24) is 14.8 Å². The van der Waals surface area contributed by atoms with Crippen molar-refractivity contribution in [2.45, 2.75) is 62.1 Å². The number of allylic oxidation sites excluding steroid dienone is 1. The number of hydrogen-bond donors (Lipinski definition) is 1. The van der Waals surface area contributed by atoms with Gasteiger partial charge in [-0.15, -0.1) is 5.10 Å². The molecule has 2 heterocycles. The predicted molar refractivity (Wildman–Crippen MR) is 143 cm³/mol. The number of thioether (sulfide) groups is 1. The molecule has 1 aromatic heterocycles. The Hall–Kier alpha value is -2.29. The molecule has 1 atom stereocenters. The number of nitrogens with one attached hydrogen (secondary N) is 1. The summed E-state index contributed by atoms with van der Waals surface area (Å²) in [5.41, 5.74) is 3.26. The summed E-state index contributed by atoms with van der Waals surface area (Å²) in [5, 5.41) is 9.43. The standard InChI is InChI=1S/C26H26BrClN4O2S/c1-16-22(24(33)34-20-11-3-2-4-12-20)23(17-9-7-10-19(27)14-17)32-25(29-16)30-26(31-32)35-15-18-8-5-6-13-21(18)28/h5-10,13-14,20,23H,2-4,11-12,15H2,1H3,(H,29,30,31). The van der Waals surface area contributed by atoms with E-state index in [4.69, 9.17) is 26.4 Å². The van der Waals surface area contributed by atoms with Crippen LogP contribution in [0.1, 0.15) is 56.2 Å². The van der Waals surface area contributed by atoms with E-state index in [1.165, 1.54) is 18.2 Å².